The second-order valence-electron chi connectivity index (χ2n) is 3.23. The van der Waals surface area contributed by atoms with Crippen LogP contribution in [0.15, 0.2) is 6.07 Å². The van der Waals surface area contributed by atoms with Crippen molar-refractivity contribution in [1.82, 2.24) is 0 Å². The van der Waals surface area contributed by atoms with Gasteiger partial charge in [-0.15, -0.1) is 0 Å². The second-order valence-corrected chi connectivity index (χ2v) is 3.61. The molecule has 17 heavy (non-hydrogen) atoms. The summed E-state index contributed by atoms with van der Waals surface area (Å²) in [6.07, 6.45) is 0. The molecule has 92 valence electrons. The molecule has 0 atom stereocenters. The average molecular weight is 259 g/mol. The number of Topliss-reactive ketones (excluding diaryl/α,β-unsaturated/α-hetero) is 1. The predicted octanol–water partition coefficient (Wildman–Crippen LogP) is 1.93. The van der Waals surface area contributed by atoms with Crippen molar-refractivity contribution in [3.63, 3.8) is 0 Å². The van der Waals surface area contributed by atoms with E-state index in [1.54, 1.807) is 6.92 Å². The quantitative estimate of drug-likeness (QED) is 0.660. The lowest BCUT2D eigenvalue weighted by Gasteiger charge is -2.13. The van der Waals surface area contributed by atoms with Crippen LogP contribution in [0.2, 0.25) is 5.02 Å². The number of methoxy groups -OCH3 is 2. The van der Waals surface area contributed by atoms with Gasteiger partial charge in [-0.05, 0) is 13.0 Å². The number of benzene rings is 1. The number of ketones is 1. The Labute approximate surface area is 103 Å². The van der Waals surface area contributed by atoms with Crippen molar-refractivity contribution in [2.75, 3.05) is 14.2 Å². The molecule has 1 rings (SSSR count). The summed E-state index contributed by atoms with van der Waals surface area (Å²) in [5.41, 5.74) is 0.445. The molecule has 0 saturated carbocycles. The Bertz CT molecular complexity index is 481. The summed E-state index contributed by atoms with van der Waals surface area (Å²) in [6, 6.07) is 1.30. The van der Waals surface area contributed by atoms with Crippen molar-refractivity contribution >= 4 is 23.4 Å². The summed E-state index contributed by atoms with van der Waals surface area (Å²) in [7, 11) is 2.71. The maximum Gasteiger partial charge on any atom is 0.377 e. The molecule has 5 nitrogen and oxygen atoms in total. The highest BCUT2D eigenvalue weighted by Crippen LogP contribution is 2.37. The Morgan fingerprint density at radius 3 is 2.29 bits per heavy atom. The lowest BCUT2D eigenvalue weighted by Crippen LogP contribution is -2.14. The van der Waals surface area contributed by atoms with Gasteiger partial charge in [0.2, 0.25) is 0 Å². The molecule has 0 saturated heterocycles. The molecule has 0 radical (unpaired) electrons. The van der Waals surface area contributed by atoms with Gasteiger partial charge in [0, 0.05) is 5.56 Å². The molecule has 0 aromatic heterocycles. The van der Waals surface area contributed by atoms with Crippen molar-refractivity contribution in [2.45, 2.75) is 6.92 Å². The van der Waals surface area contributed by atoms with Gasteiger partial charge in [-0.25, -0.2) is 4.79 Å². The Hall–Kier alpha value is -1.75. The van der Waals surface area contributed by atoms with Gasteiger partial charge in [-0.1, -0.05) is 11.6 Å². The number of carboxylic acid groups (broad SMARTS) is 1. The Kier molecular flexibility index (Phi) is 3.96. The van der Waals surface area contributed by atoms with Crippen LogP contribution in [0, 0.1) is 6.92 Å². The third-order valence-corrected chi connectivity index (χ3v) is 2.74. The first-order valence-electron chi connectivity index (χ1n) is 4.62. The van der Waals surface area contributed by atoms with Crippen LogP contribution in [0.25, 0.3) is 0 Å². The first-order valence-corrected chi connectivity index (χ1v) is 5.00. The van der Waals surface area contributed by atoms with E-state index in [1.165, 1.54) is 20.3 Å². The number of hydrogen-bond acceptors (Lipinski definition) is 4. The highest BCUT2D eigenvalue weighted by molar-refractivity contribution is 6.42. The largest absolute Gasteiger partial charge is 0.496 e. The fourth-order valence-electron chi connectivity index (χ4n) is 1.40. The van der Waals surface area contributed by atoms with Crippen LogP contribution in [-0.2, 0) is 4.79 Å². The first kappa shape index (κ1) is 13.3. The maximum absolute atomic E-state index is 11.5. The number of hydrogen-bond donors (Lipinski definition) is 1. The molecule has 6 heteroatoms. The van der Waals surface area contributed by atoms with Gasteiger partial charge in [-0.3, -0.25) is 4.79 Å². The molecule has 1 aromatic rings. The van der Waals surface area contributed by atoms with E-state index in [1.807, 2.05) is 0 Å². The van der Waals surface area contributed by atoms with Crippen molar-refractivity contribution in [3.05, 3.63) is 22.2 Å². The highest BCUT2D eigenvalue weighted by Gasteiger charge is 2.24. The molecule has 1 N–H and O–H groups in total. The van der Waals surface area contributed by atoms with Crippen molar-refractivity contribution in [1.29, 1.82) is 0 Å². The molecule has 0 amide bonds. The minimum atomic E-state index is -1.58. The SMILES string of the molecule is COc1cc(C(=O)C(=O)O)c(OC)c(Cl)c1C. The smallest absolute Gasteiger partial charge is 0.377 e. The van der Waals surface area contributed by atoms with Gasteiger partial charge in [0.25, 0.3) is 5.78 Å². The number of halogens is 1. The van der Waals surface area contributed by atoms with E-state index in [0.717, 1.165) is 0 Å². The molecule has 0 unspecified atom stereocenters. The number of carboxylic acids is 1. The zero-order valence-electron chi connectivity index (χ0n) is 9.54. The Balaban J connectivity index is 3.53. The molecule has 0 heterocycles. The third-order valence-electron chi connectivity index (χ3n) is 2.28. The molecular formula is C11H11ClO5. The number of carbonyl (C=O) groups is 2. The summed E-state index contributed by atoms with van der Waals surface area (Å²) >= 11 is 5.98. The number of aliphatic carboxylic acids is 1. The van der Waals surface area contributed by atoms with Gasteiger partial charge in [0.15, 0.2) is 0 Å². The topological polar surface area (TPSA) is 72.8 Å². The molecule has 0 aliphatic rings. The summed E-state index contributed by atoms with van der Waals surface area (Å²) in [5.74, 6) is -2.30. The van der Waals surface area contributed by atoms with Gasteiger partial charge < -0.3 is 14.6 Å². The average Bonchev–Trinajstić information content (AvgIpc) is 2.31. The normalized spacial score (nSPS) is 9.88. The minimum Gasteiger partial charge on any atom is -0.496 e. The van der Waals surface area contributed by atoms with Gasteiger partial charge in [0.05, 0.1) is 24.8 Å². The summed E-state index contributed by atoms with van der Waals surface area (Å²) < 4.78 is 9.97. The van der Waals surface area contributed by atoms with E-state index >= 15 is 0 Å². The van der Waals surface area contributed by atoms with E-state index in [9.17, 15) is 9.59 Å². The summed E-state index contributed by atoms with van der Waals surface area (Å²) in [4.78, 5) is 22.1. The monoisotopic (exact) mass is 258 g/mol. The number of ether oxygens (including phenoxy) is 2. The third kappa shape index (κ3) is 2.34. The second kappa shape index (κ2) is 5.05. The standard InChI is InChI=1S/C11H11ClO5/c1-5-7(16-2)4-6(9(13)11(14)15)10(17-3)8(5)12/h4H,1-3H3,(H,14,15). The minimum absolute atomic E-state index is 0.0392. The fourth-order valence-corrected chi connectivity index (χ4v) is 1.67. The van der Waals surface area contributed by atoms with E-state index in [0.29, 0.717) is 11.3 Å². The highest BCUT2D eigenvalue weighted by atomic mass is 35.5. The molecule has 0 bridgehead atoms. The molecule has 0 aliphatic carbocycles. The van der Waals surface area contributed by atoms with Crippen LogP contribution in [0.5, 0.6) is 11.5 Å². The number of rotatable bonds is 4. The maximum atomic E-state index is 11.5. The molecular weight excluding hydrogens is 248 g/mol. The van der Waals surface area contributed by atoms with Gasteiger partial charge in [0.1, 0.15) is 11.5 Å². The summed E-state index contributed by atoms with van der Waals surface area (Å²) in [5, 5.41) is 8.85. The van der Waals surface area contributed by atoms with Gasteiger partial charge in [-0.2, -0.15) is 0 Å². The van der Waals surface area contributed by atoms with E-state index in [2.05, 4.69) is 0 Å². The molecule has 0 fully saturated rings. The van der Waals surface area contributed by atoms with Gasteiger partial charge >= 0.3 is 5.97 Å². The van der Waals surface area contributed by atoms with E-state index in [-0.39, 0.29) is 16.3 Å². The van der Waals surface area contributed by atoms with E-state index in [4.69, 9.17) is 26.2 Å². The zero-order valence-corrected chi connectivity index (χ0v) is 10.3. The van der Waals surface area contributed by atoms with Crippen LogP contribution in [0.3, 0.4) is 0 Å². The Morgan fingerprint density at radius 1 is 1.29 bits per heavy atom. The molecule has 0 aliphatic heterocycles. The van der Waals surface area contributed by atoms with Crippen LogP contribution in [0.4, 0.5) is 0 Å². The predicted molar refractivity (Wildman–Crippen MR) is 61.3 cm³/mol. The molecule has 0 spiro atoms. The van der Waals surface area contributed by atoms with Crippen LogP contribution in [-0.4, -0.2) is 31.1 Å². The summed E-state index contributed by atoms with van der Waals surface area (Å²) in [6.45, 7) is 1.68. The molecule has 1 aromatic carbocycles. The van der Waals surface area contributed by atoms with Crippen LogP contribution in [0.1, 0.15) is 15.9 Å². The first-order chi connectivity index (χ1) is 7.93. The van der Waals surface area contributed by atoms with Crippen LogP contribution >= 0.6 is 11.6 Å². The van der Waals surface area contributed by atoms with Crippen molar-refractivity contribution in [3.8, 4) is 11.5 Å². The zero-order chi connectivity index (χ0) is 13.2. The van der Waals surface area contributed by atoms with Crippen LogP contribution < -0.4 is 9.47 Å². The van der Waals surface area contributed by atoms with Crippen molar-refractivity contribution in [2.24, 2.45) is 0 Å². The van der Waals surface area contributed by atoms with E-state index < -0.39 is 11.8 Å². The Morgan fingerprint density at radius 2 is 1.88 bits per heavy atom. The lowest BCUT2D eigenvalue weighted by atomic mass is 10.1. The number of carbonyl (C=O) groups excluding carboxylic acids is 1. The fraction of sp³-hybridized carbons (Fsp3) is 0.273. The van der Waals surface area contributed by atoms with Crippen molar-refractivity contribution < 1.29 is 24.2 Å². The lowest BCUT2D eigenvalue weighted by molar-refractivity contribution is -0.131.